The van der Waals surface area contributed by atoms with Gasteiger partial charge in [-0.1, -0.05) is 29.3 Å². The molecule has 3 rings (SSSR count). The average molecular weight is 327 g/mol. The number of nitrogens with one attached hydrogen (secondary N) is 1. The van der Waals surface area contributed by atoms with E-state index < -0.39 is 5.82 Å². The number of aromatic amines is 1. The lowest BCUT2D eigenvalue weighted by molar-refractivity contribution is 0.630. The Morgan fingerprint density at radius 2 is 1.90 bits per heavy atom. The van der Waals surface area contributed by atoms with Crippen LogP contribution >= 0.6 is 35.4 Å². The van der Waals surface area contributed by atoms with E-state index in [-0.39, 0.29) is 5.02 Å². The topological polar surface area (TPSA) is 20.7 Å². The molecule has 1 N–H and O–H groups in total. The SMILES string of the molecule is Cc1ccc(-n2c(=S)[nH]c3cc(F)c(Cl)cc32)cc1Cl. The highest BCUT2D eigenvalue weighted by Gasteiger charge is 2.11. The molecule has 20 heavy (non-hydrogen) atoms. The molecule has 0 aliphatic rings. The summed E-state index contributed by atoms with van der Waals surface area (Å²) < 4.78 is 15.7. The third-order valence-corrected chi connectivity index (χ3v) is 4.12. The van der Waals surface area contributed by atoms with E-state index in [9.17, 15) is 4.39 Å². The largest absolute Gasteiger partial charge is 0.330 e. The van der Waals surface area contributed by atoms with Crippen molar-refractivity contribution >= 4 is 46.5 Å². The molecule has 1 aromatic heterocycles. The van der Waals surface area contributed by atoms with Crippen LogP contribution in [0.1, 0.15) is 5.56 Å². The predicted octanol–water partition coefficient (Wildman–Crippen LogP) is 5.44. The zero-order valence-corrected chi connectivity index (χ0v) is 12.7. The Kier molecular flexibility index (Phi) is 3.32. The number of aromatic nitrogens is 2. The van der Waals surface area contributed by atoms with Crippen molar-refractivity contribution < 1.29 is 4.39 Å². The van der Waals surface area contributed by atoms with Crippen LogP contribution in [0.15, 0.2) is 30.3 Å². The molecule has 6 heteroatoms. The van der Waals surface area contributed by atoms with Gasteiger partial charge in [-0.15, -0.1) is 0 Å². The van der Waals surface area contributed by atoms with Crippen LogP contribution in [-0.4, -0.2) is 9.55 Å². The first-order valence-corrected chi connectivity index (χ1v) is 7.00. The van der Waals surface area contributed by atoms with E-state index in [0.29, 0.717) is 20.8 Å². The molecule has 0 saturated carbocycles. The van der Waals surface area contributed by atoms with Gasteiger partial charge in [0, 0.05) is 16.8 Å². The van der Waals surface area contributed by atoms with Crippen LogP contribution in [0.25, 0.3) is 16.7 Å². The lowest BCUT2D eigenvalue weighted by Crippen LogP contribution is -1.94. The Labute approximate surface area is 129 Å². The molecular weight excluding hydrogens is 318 g/mol. The van der Waals surface area contributed by atoms with E-state index in [1.807, 2.05) is 25.1 Å². The van der Waals surface area contributed by atoms with Crippen molar-refractivity contribution in [3.05, 3.63) is 56.5 Å². The van der Waals surface area contributed by atoms with Crippen LogP contribution in [-0.2, 0) is 0 Å². The minimum Gasteiger partial charge on any atom is -0.330 e. The smallest absolute Gasteiger partial charge is 0.182 e. The number of nitrogens with zero attached hydrogens (tertiary/aromatic N) is 1. The van der Waals surface area contributed by atoms with Gasteiger partial charge >= 0.3 is 0 Å². The summed E-state index contributed by atoms with van der Waals surface area (Å²) in [4.78, 5) is 2.96. The summed E-state index contributed by atoms with van der Waals surface area (Å²) in [5.41, 5.74) is 3.08. The van der Waals surface area contributed by atoms with Gasteiger partial charge in [-0.3, -0.25) is 4.57 Å². The monoisotopic (exact) mass is 326 g/mol. The van der Waals surface area contributed by atoms with Crippen molar-refractivity contribution in [2.45, 2.75) is 6.92 Å². The normalized spacial score (nSPS) is 11.2. The van der Waals surface area contributed by atoms with Crippen LogP contribution in [0, 0.1) is 17.5 Å². The van der Waals surface area contributed by atoms with E-state index in [1.165, 1.54) is 6.07 Å². The standard InChI is InChI=1S/C14H9Cl2FN2S/c1-7-2-3-8(4-9(7)15)19-13-5-10(16)11(17)6-12(13)18-14(19)20/h2-6H,1H3,(H,18,20). The van der Waals surface area contributed by atoms with E-state index in [1.54, 1.807) is 10.6 Å². The molecule has 0 aliphatic carbocycles. The summed E-state index contributed by atoms with van der Waals surface area (Å²) in [5.74, 6) is -0.482. The van der Waals surface area contributed by atoms with Crippen LogP contribution in [0.5, 0.6) is 0 Å². The molecule has 0 fully saturated rings. The zero-order valence-electron chi connectivity index (χ0n) is 10.4. The Morgan fingerprint density at radius 3 is 2.60 bits per heavy atom. The number of benzene rings is 2. The zero-order chi connectivity index (χ0) is 14.4. The van der Waals surface area contributed by atoms with Crippen LogP contribution in [0.3, 0.4) is 0 Å². The number of H-pyrrole nitrogens is 1. The average Bonchev–Trinajstić information content (AvgIpc) is 2.69. The van der Waals surface area contributed by atoms with Crippen molar-refractivity contribution in [2.75, 3.05) is 0 Å². The van der Waals surface area contributed by atoms with E-state index in [0.717, 1.165) is 11.3 Å². The number of hydrogen-bond acceptors (Lipinski definition) is 1. The maximum absolute atomic E-state index is 13.5. The van der Waals surface area contributed by atoms with Gasteiger partial charge in [0.25, 0.3) is 0 Å². The van der Waals surface area contributed by atoms with Crippen molar-refractivity contribution in [3.63, 3.8) is 0 Å². The second kappa shape index (κ2) is 4.88. The van der Waals surface area contributed by atoms with Gasteiger partial charge in [0.05, 0.1) is 16.1 Å². The lowest BCUT2D eigenvalue weighted by Gasteiger charge is -2.07. The van der Waals surface area contributed by atoms with Gasteiger partial charge in [0.1, 0.15) is 5.82 Å². The summed E-state index contributed by atoms with van der Waals surface area (Å²) in [6.45, 7) is 1.92. The van der Waals surface area contributed by atoms with E-state index in [4.69, 9.17) is 35.4 Å². The fourth-order valence-corrected chi connectivity index (χ4v) is 2.73. The molecular formula is C14H9Cl2FN2S. The van der Waals surface area contributed by atoms with Gasteiger partial charge in [-0.05, 0) is 42.9 Å². The summed E-state index contributed by atoms with van der Waals surface area (Å²) in [5, 5.41) is 0.699. The van der Waals surface area contributed by atoms with Gasteiger partial charge < -0.3 is 4.98 Å². The number of hydrogen-bond donors (Lipinski definition) is 1. The molecule has 1 heterocycles. The molecule has 0 unspecified atom stereocenters. The third-order valence-electron chi connectivity index (χ3n) is 3.14. The third kappa shape index (κ3) is 2.14. The first-order valence-electron chi connectivity index (χ1n) is 5.83. The maximum atomic E-state index is 13.5. The molecule has 0 spiro atoms. The molecule has 0 atom stereocenters. The molecule has 0 saturated heterocycles. The van der Waals surface area contributed by atoms with Gasteiger partial charge in [0.15, 0.2) is 4.77 Å². The highest BCUT2D eigenvalue weighted by atomic mass is 35.5. The number of imidazole rings is 1. The number of rotatable bonds is 1. The molecule has 0 radical (unpaired) electrons. The quantitative estimate of drug-likeness (QED) is 0.590. The Bertz CT molecular complexity index is 883. The van der Waals surface area contributed by atoms with Crippen LogP contribution < -0.4 is 0 Å². The Hall–Kier alpha value is -1.36. The van der Waals surface area contributed by atoms with Crippen LogP contribution in [0.4, 0.5) is 4.39 Å². The second-order valence-corrected chi connectivity index (χ2v) is 5.68. The second-order valence-electron chi connectivity index (χ2n) is 4.48. The highest BCUT2D eigenvalue weighted by molar-refractivity contribution is 7.71. The minimum absolute atomic E-state index is 0.0541. The van der Waals surface area contributed by atoms with E-state index >= 15 is 0 Å². The fraction of sp³-hybridized carbons (Fsp3) is 0.0714. The van der Waals surface area contributed by atoms with Crippen molar-refractivity contribution in [2.24, 2.45) is 0 Å². The van der Waals surface area contributed by atoms with Crippen LogP contribution in [0.2, 0.25) is 10.0 Å². The molecule has 3 aromatic rings. The van der Waals surface area contributed by atoms with Gasteiger partial charge in [-0.25, -0.2) is 4.39 Å². The molecule has 2 nitrogen and oxygen atoms in total. The molecule has 0 bridgehead atoms. The molecule has 0 aliphatic heterocycles. The number of halogens is 3. The number of fused-ring (bicyclic) bond motifs is 1. The summed E-state index contributed by atoms with van der Waals surface area (Å²) in [7, 11) is 0. The minimum atomic E-state index is -0.482. The lowest BCUT2D eigenvalue weighted by atomic mass is 10.2. The summed E-state index contributed by atoms with van der Waals surface area (Å²) in [6, 6.07) is 8.51. The molecule has 2 aromatic carbocycles. The maximum Gasteiger partial charge on any atom is 0.182 e. The van der Waals surface area contributed by atoms with Gasteiger partial charge in [0.2, 0.25) is 0 Å². The summed E-state index contributed by atoms with van der Waals surface area (Å²) in [6.07, 6.45) is 0. The summed E-state index contributed by atoms with van der Waals surface area (Å²) >= 11 is 17.3. The number of aryl methyl sites for hydroxylation is 1. The predicted molar refractivity (Wildman–Crippen MR) is 83.2 cm³/mol. The first kappa shape index (κ1) is 13.6. The van der Waals surface area contributed by atoms with Gasteiger partial charge in [-0.2, -0.15) is 0 Å². The Balaban J connectivity index is 2.35. The first-order chi connectivity index (χ1) is 9.47. The highest BCUT2D eigenvalue weighted by Crippen LogP contribution is 2.27. The molecule has 0 amide bonds. The fourth-order valence-electron chi connectivity index (χ4n) is 2.08. The Morgan fingerprint density at radius 1 is 1.15 bits per heavy atom. The van der Waals surface area contributed by atoms with Crippen molar-refractivity contribution in [1.82, 2.24) is 9.55 Å². The van der Waals surface area contributed by atoms with Crippen molar-refractivity contribution in [1.29, 1.82) is 0 Å². The van der Waals surface area contributed by atoms with Crippen molar-refractivity contribution in [3.8, 4) is 5.69 Å². The van der Waals surface area contributed by atoms with E-state index in [2.05, 4.69) is 4.98 Å². The molecule has 102 valence electrons.